The Bertz CT molecular complexity index is 537. The van der Waals surface area contributed by atoms with Crippen molar-refractivity contribution in [3.05, 3.63) is 11.3 Å². The van der Waals surface area contributed by atoms with Crippen molar-refractivity contribution >= 4 is 28.9 Å². The number of thiocarbonyl (C=S) groups is 1. The maximum atomic E-state index is 12.1. The van der Waals surface area contributed by atoms with Gasteiger partial charge in [0.1, 0.15) is 10.8 Å². The normalized spacial score (nSPS) is 15.0. The number of carbonyl (C=O) groups is 1. The number of nitrogens with one attached hydrogen (secondary N) is 1. The predicted molar refractivity (Wildman–Crippen MR) is 84.3 cm³/mol. The highest BCUT2D eigenvalue weighted by Crippen LogP contribution is 2.18. The van der Waals surface area contributed by atoms with Crippen LogP contribution in [-0.4, -0.2) is 58.4 Å². The molecule has 1 aromatic heterocycles. The predicted octanol–water partition coefficient (Wildman–Crippen LogP) is 0.0235. The molecule has 1 aromatic rings. The molecule has 1 fully saturated rings. The first-order chi connectivity index (χ1) is 10.0. The summed E-state index contributed by atoms with van der Waals surface area (Å²) < 4.78 is 6.93. The Kier molecular flexibility index (Phi) is 5.13. The molecular weight excluding hydrogens is 290 g/mol. The summed E-state index contributed by atoms with van der Waals surface area (Å²) in [6, 6.07) is 0. The van der Waals surface area contributed by atoms with E-state index in [0.717, 1.165) is 17.1 Å². The average Bonchev–Trinajstić information content (AvgIpc) is 2.74. The van der Waals surface area contributed by atoms with Gasteiger partial charge in [-0.05, 0) is 6.92 Å². The minimum atomic E-state index is 0.126. The lowest BCUT2D eigenvalue weighted by Gasteiger charge is -2.26. The molecule has 2 heterocycles. The minimum absolute atomic E-state index is 0.126. The number of hydrogen-bond donors (Lipinski definition) is 2. The highest BCUT2D eigenvalue weighted by Gasteiger charge is 2.18. The molecule has 0 radical (unpaired) electrons. The number of morpholine rings is 1. The Hall–Kier alpha value is -1.67. The van der Waals surface area contributed by atoms with Gasteiger partial charge in [0.15, 0.2) is 0 Å². The molecule has 0 aliphatic carbocycles. The molecule has 0 aromatic carbocycles. The van der Waals surface area contributed by atoms with Gasteiger partial charge in [-0.25, -0.2) is 0 Å². The molecule has 116 valence electrons. The summed E-state index contributed by atoms with van der Waals surface area (Å²) in [4.78, 5) is 14.2. The van der Waals surface area contributed by atoms with Gasteiger partial charge in [-0.1, -0.05) is 12.2 Å². The third kappa shape index (κ3) is 3.70. The lowest BCUT2D eigenvalue weighted by atomic mass is 10.2. The van der Waals surface area contributed by atoms with Crippen LogP contribution in [0.15, 0.2) is 0 Å². The average molecular weight is 311 g/mol. The zero-order valence-electron chi connectivity index (χ0n) is 12.4. The number of nitrogens with zero attached hydrogens (tertiary/aromatic N) is 3. The molecule has 7 nitrogen and oxygen atoms in total. The molecule has 1 aliphatic heterocycles. The first kappa shape index (κ1) is 15.7. The van der Waals surface area contributed by atoms with Gasteiger partial charge in [-0.15, -0.1) is 0 Å². The van der Waals surface area contributed by atoms with E-state index in [1.54, 1.807) is 4.68 Å². The van der Waals surface area contributed by atoms with E-state index in [0.29, 0.717) is 44.3 Å². The van der Waals surface area contributed by atoms with Gasteiger partial charge in [0.05, 0.1) is 24.5 Å². The standard InChI is InChI=1S/C13H21N5O2S/c1-9-11(12(14)21)13(17(2)16-9)15-4-3-10(19)18-5-7-20-8-6-18/h15H,3-8H2,1-2H3,(H2,14,21). The number of anilines is 1. The van der Waals surface area contributed by atoms with E-state index in [9.17, 15) is 4.79 Å². The smallest absolute Gasteiger partial charge is 0.224 e. The fourth-order valence-corrected chi connectivity index (χ4v) is 2.66. The summed E-state index contributed by atoms with van der Waals surface area (Å²) in [6.07, 6.45) is 0.418. The first-order valence-corrected chi connectivity index (χ1v) is 7.34. The van der Waals surface area contributed by atoms with Crippen LogP contribution in [0, 0.1) is 6.92 Å². The molecule has 0 unspecified atom stereocenters. The molecule has 1 amide bonds. The number of hydrogen-bond acceptors (Lipinski definition) is 5. The summed E-state index contributed by atoms with van der Waals surface area (Å²) in [7, 11) is 1.82. The summed E-state index contributed by atoms with van der Waals surface area (Å²) in [5.74, 6) is 0.886. The molecule has 0 saturated carbocycles. The molecule has 3 N–H and O–H groups in total. The third-order valence-electron chi connectivity index (χ3n) is 3.46. The van der Waals surface area contributed by atoms with E-state index >= 15 is 0 Å². The molecule has 0 bridgehead atoms. The second-order valence-corrected chi connectivity index (χ2v) is 5.41. The maximum absolute atomic E-state index is 12.1. The van der Waals surface area contributed by atoms with Crippen LogP contribution in [0.4, 0.5) is 5.82 Å². The lowest BCUT2D eigenvalue weighted by Crippen LogP contribution is -2.41. The van der Waals surface area contributed by atoms with Crippen LogP contribution in [0.2, 0.25) is 0 Å². The van der Waals surface area contributed by atoms with Crippen LogP contribution in [0.25, 0.3) is 0 Å². The Morgan fingerprint density at radius 1 is 1.48 bits per heavy atom. The maximum Gasteiger partial charge on any atom is 0.224 e. The molecule has 0 spiro atoms. The number of aromatic nitrogens is 2. The van der Waals surface area contributed by atoms with Crippen LogP contribution in [0.1, 0.15) is 17.7 Å². The van der Waals surface area contributed by atoms with E-state index < -0.39 is 0 Å². The van der Waals surface area contributed by atoms with Gasteiger partial charge in [0, 0.05) is 33.1 Å². The number of nitrogens with two attached hydrogens (primary N) is 1. The van der Waals surface area contributed by atoms with Crippen LogP contribution in [0.5, 0.6) is 0 Å². The van der Waals surface area contributed by atoms with E-state index in [4.69, 9.17) is 22.7 Å². The Labute approximate surface area is 129 Å². The summed E-state index contributed by atoms with van der Waals surface area (Å²) in [5, 5.41) is 7.50. The van der Waals surface area contributed by atoms with Gasteiger partial charge in [0.25, 0.3) is 0 Å². The van der Waals surface area contributed by atoms with Gasteiger partial charge >= 0.3 is 0 Å². The quantitative estimate of drug-likeness (QED) is 0.746. The number of amides is 1. The van der Waals surface area contributed by atoms with Gasteiger partial charge < -0.3 is 20.7 Å². The number of rotatable bonds is 5. The summed E-state index contributed by atoms with van der Waals surface area (Å²) in [6.45, 7) is 4.95. The van der Waals surface area contributed by atoms with E-state index in [-0.39, 0.29) is 5.91 Å². The third-order valence-corrected chi connectivity index (χ3v) is 3.67. The van der Waals surface area contributed by atoms with Crippen molar-refractivity contribution in [3.63, 3.8) is 0 Å². The SMILES string of the molecule is Cc1nn(C)c(NCCC(=O)N2CCOCC2)c1C(N)=S. The highest BCUT2D eigenvalue weighted by atomic mass is 32.1. The van der Waals surface area contributed by atoms with Crippen molar-refractivity contribution in [1.82, 2.24) is 14.7 Å². The van der Waals surface area contributed by atoms with Crippen molar-refractivity contribution in [2.75, 3.05) is 38.2 Å². The van der Waals surface area contributed by atoms with Gasteiger partial charge in [-0.2, -0.15) is 5.10 Å². The monoisotopic (exact) mass is 311 g/mol. The molecule has 8 heteroatoms. The minimum Gasteiger partial charge on any atom is -0.389 e. The molecule has 1 saturated heterocycles. The first-order valence-electron chi connectivity index (χ1n) is 6.93. The van der Waals surface area contributed by atoms with Crippen molar-refractivity contribution in [1.29, 1.82) is 0 Å². The van der Waals surface area contributed by atoms with E-state index in [1.165, 1.54) is 0 Å². The Morgan fingerprint density at radius 3 is 2.76 bits per heavy atom. The summed E-state index contributed by atoms with van der Waals surface area (Å²) >= 11 is 5.05. The van der Waals surface area contributed by atoms with Gasteiger partial charge in [0.2, 0.25) is 5.91 Å². The van der Waals surface area contributed by atoms with Crippen LogP contribution in [0.3, 0.4) is 0 Å². The van der Waals surface area contributed by atoms with E-state index in [1.807, 2.05) is 18.9 Å². The lowest BCUT2D eigenvalue weighted by molar-refractivity contribution is -0.134. The topological polar surface area (TPSA) is 85.4 Å². The Balaban J connectivity index is 1.91. The van der Waals surface area contributed by atoms with Crippen molar-refractivity contribution in [2.24, 2.45) is 12.8 Å². The van der Waals surface area contributed by atoms with Gasteiger partial charge in [-0.3, -0.25) is 9.48 Å². The van der Waals surface area contributed by atoms with Crippen LogP contribution >= 0.6 is 12.2 Å². The van der Waals surface area contributed by atoms with Crippen molar-refractivity contribution < 1.29 is 9.53 Å². The molecule has 2 rings (SSSR count). The number of aryl methyl sites for hydroxylation is 2. The number of ether oxygens (including phenoxy) is 1. The zero-order chi connectivity index (χ0) is 15.4. The molecule has 0 atom stereocenters. The fourth-order valence-electron chi connectivity index (χ4n) is 2.41. The highest BCUT2D eigenvalue weighted by molar-refractivity contribution is 7.80. The molecular formula is C13H21N5O2S. The van der Waals surface area contributed by atoms with Crippen molar-refractivity contribution in [2.45, 2.75) is 13.3 Å². The Morgan fingerprint density at radius 2 is 2.14 bits per heavy atom. The molecule has 1 aliphatic rings. The molecule has 21 heavy (non-hydrogen) atoms. The van der Waals surface area contributed by atoms with Crippen LogP contribution < -0.4 is 11.1 Å². The summed E-state index contributed by atoms with van der Waals surface area (Å²) in [5.41, 5.74) is 7.25. The second kappa shape index (κ2) is 6.86. The fraction of sp³-hybridized carbons (Fsp3) is 0.615. The van der Waals surface area contributed by atoms with Crippen LogP contribution in [-0.2, 0) is 16.6 Å². The number of carbonyl (C=O) groups excluding carboxylic acids is 1. The largest absolute Gasteiger partial charge is 0.389 e. The van der Waals surface area contributed by atoms with E-state index in [2.05, 4.69) is 10.4 Å². The second-order valence-electron chi connectivity index (χ2n) is 4.97. The zero-order valence-corrected chi connectivity index (χ0v) is 13.2. The van der Waals surface area contributed by atoms with Crippen molar-refractivity contribution in [3.8, 4) is 0 Å².